The van der Waals surface area contributed by atoms with Crippen molar-refractivity contribution < 1.29 is 18.7 Å². The monoisotopic (exact) mass is 282 g/mol. The zero-order valence-corrected chi connectivity index (χ0v) is 11.5. The number of halogens is 2. The normalized spacial score (nSPS) is 14.7. The number of carboxylic acid groups (broad SMARTS) is 1. The summed E-state index contributed by atoms with van der Waals surface area (Å²) in [6.45, 7) is 5.22. The number of aromatic amines is 1. The highest BCUT2D eigenvalue weighted by molar-refractivity contribution is 5.77. The Balaban J connectivity index is 2.44. The van der Waals surface area contributed by atoms with Crippen LogP contribution in [0.4, 0.5) is 8.78 Å². The highest BCUT2D eigenvalue weighted by Gasteiger charge is 2.37. The minimum Gasteiger partial charge on any atom is -0.481 e. The molecule has 20 heavy (non-hydrogen) atoms. The van der Waals surface area contributed by atoms with Gasteiger partial charge in [-0.1, -0.05) is 13.8 Å². The van der Waals surface area contributed by atoms with E-state index in [1.54, 1.807) is 20.8 Å². The van der Waals surface area contributed by atoms with Gasteiger partial charge < -0.3 is 10.1 Å². The molecular weight excluding hydrogens is 266 g/mol. The molecule has 1 aromatic heterocycles. The van der Waals surface area contributed by atoms with Gasteiger partial charge in [0.05, 0.1) is 10.9 Å². The van der Waals surface area contributed by atoms with E-state index in [0.717, 1.165) is 6.07 Å². The van der Waals surface area contributed by atoms with Crippen molar-refractivity contribution in [1.29, 1.82) is 0 Å². The lowest BCUT2D eigenvalue weighted by Crippen LogP contribution is -2.35. The number of hydrogen-bond acceptors (Lipinski definition) is 2. The van der Waals surface area contributed by atoms with Crippen molar-refractivity contribution in [2.45, 2.75) is 27.2 Å². The van der Waals surface area contributed by atoms with E-state index in [4.69, 9.17) is 0 Å². The van der Waals surface area contributed by atoms with Crippen molar-refractivity contribution >= 4 is 17.0 Å². The molecule has 6 heteroatoms. The lowest BCUT2D eigenvalue weighted by molar-refractivity contribution is -0.150. The van der Waals surface area contributed by atoms with Crippen LogP contribution in [-0.2, 0) is 11.2 Å². The second-order valence-corrected chi connectivity index (χ2v) is 5.50. The second-order valence-electron chi connectivity index (χ2n) is 5.50. The van der Waals surface area contributed by atoms with Crippen LogP contribution in [0.5, 0.6) is 0 Å². The van der Waals surface area contributed by atoms with E-state index in [1.807, 2.05) is 0 Å². The Morgan fingerprint density at radius 3 is 2.65 bits per heavy atom. The van der Waals surface area contributed by atoms with E-state index in [9.17, 15) is 18.7 Å². The molecular formula is C14H16F2N2O2. The van der Waals surface area contributed by atoms with Gasteiger partial charge in [0, 0.05) is 6.42 Å². The average molecular weight is 282 g/mol. The van der Waals surface area contributed by atoms with Crippen LogP contribution in [-0.4, -0.2) is 21.0 Å². The molecule has 0 aliphatic rings. The van der Waals surface area contributed by atoms with Crippen LogP contribution in [0.1, 0.15) is 26.6 Å². The summed E-state index contributed by atoms with van der Waals surface area (Å²) in [6.07, 6.45) is 0.121. The summed E-state index contributed by atoms with van der Waals surface area (Å²) in [7, 11) is 0. The fourth-order valence-electron chi connectivity index (χ4n) is 2.03. The molecule has 0 fully saturated rings. The van der Waals surface area contributed by atoms with Gasteiger partial charge >= 0.3 is 5.97 Å². The maximum atomic E-state index is 13.6. The van der Waals surface area contributed by atoms with Crippen molar-refractivity contribution in [2.75, 3.05) is 0 Å². The third kappa shape index (κ3) is 2.26. The molecule has 1 aromatic carbocycles. The molecule has 0 saturated carbocycles. The molecule has 0 radical (unpaired) electrons. The summed E-state index contributed by atoms with van der Waals surface area (Å²) in [5.41, 5.74) is -0.769. The van der Waals surface area contributed by atoms with Gasteiger partial charge in [0.25, 0.3) is 0 Å². The molecule has 0 saturated heterocycles. The van der Waals surface area contributed by atoms with E-state index < -0.39 is 23.0 Å². The Labute approximate surface area is 114 Å². The Morgan fingerprint density at radius 2 is 2.10 bits per heavy atom. The van der Waals surface area contributed by atoms with Crippen LogP contribution in [0.3, 0.4) is 0 Å². The maximum Gasteiger partial charge on any atom is 0.310 e. The zero-order valence-electron chi connectivity index (χ0n) is 11.5. The molecule has 1 unspecified atom stereocenters. The molecule has 0 aliphatic heterocycles. The zero-order chi connectivity index (χ0) is 15.1. The van der Waals surface area contributed by atoms with Crippen molar-refractivity contribution in [2.24, 2.45) is 11.3 Å². The number of nitrogens with zero attached hydrogens (tertiary/aromatic N) is 1. The van der Waals surface area contributed by atoms with Crippen LogP contribution < -0.4 is 0 Å². The standard InChI is InChI=1S/C14H16F2N2O2/c1-7(2)14(3,13(19)20)6-10-17-9-5-4-8(15)11(16)12(9)18-10/h4-5,7H,6H2,1-3H3,(H,17,18)(H,19,20). The van der Waals surface area contributed by atoms with Crippen molar-refractivity contribution in [3.8, 4) is 0 Å². The second kappa shape index (κ2) is 4.85. The molecule has 0 spiro atoms. The molecule has 108 valence electrons. The number of fused-ring (bicyclic) bond motifs is 1. The van der Waals surface area contributed by atoms with Crippen LogP contribution in [0, 0.1) is 23.0 Å². The Hall–Kier alpha value is -1.98. The number of rotatable bonds is 4. The van der Waals surface area contributed by atoms with Gasteiger partial charge in [0.15, 0.2) is 11.6 Å². The lowest BCUT2D eigenvalue weighted by Gasteiger charge is -2.27. The molecule has 0 aliphatic carbocycles. The minimum absolute atomic E-state index is 0.100. The first-order valence-electron chi connectivity index (χ1n) is 6.31. The summed E-state index contributed by atoms with van der Waals surface area (Å²) in [5.74, 6) is -2.73. The summed E-state index contributed by atoms with van der Waals surface area (Å²) >= 11 is 0. The fourth-order valence-corrected chi connectivity index (χ4v) is 2.03. The lowest BCUT2D eigenvalue weighted by atomic mass is 9.76. The molecule has 2 aromatic rings. The van der Waals surface area contributed by atoms with Crippen LogP contribution in [0.15, 0.2) is 12.1 Å². The Bertz CT molecular complexity index is 666. The number of H-pyrrole nitrogens is 1. The van der Waals surface area contributed by atoms with E-state index in [1.165, 1.54) is 6.07 Å². The molecule has 4 nitrogen and oxygen atoms in total. The first-order chi connectivity index (χ1) is 9.25. The van der Waals surface area contributed by atoms with Crippen LogP contribution in [0.2, 0.25) is 0 Å². The third-order valence-electron chi connectivity index (χ3n) is 3.89. The number of aromatic nitrogens is 2. The predicted molar refractivity (Wildman–Crippen MR) is 70.3 cm³/mol. The summed E-state index contributed by atoms with van der Waals surface area (Å²) < 4.78 is 26.7. The smallest absolute Gasteiger partial charge is 0.310 e. The van der Waals surface area contributed by atoms with Gasteiger partial charge in [-0.25, -0.2) is 13.8 Å². The van der Waals surface area contributed by atoms with Gasteiger partial charge in [-0.2, -0.15) is 0 Å². The Kier molecular flexibility index (Phi) is 3.50. The van der Waals surface area contributed by atoms with E-state index in [0.29, 0.717) is 11.3 Å². The van der Waals surface area contributed by atoms with Crippen molar-refractivity contribution in [3.05, 3.63) is 29.6 Å². The van der Waals surface area contributed by atoms with E-state index in [2.05, 4.69) is 9.97 Å². The Morgan fingerprint density at radius 1 is 1.45 bits per heavy atom. The van der Waals surface area contributed by atoms with Crippen LogP contribution in [0.25, 0.3) is 11.0 Å². The maximum absolute atomic E-state index is 13.6. The molecule has 2 rings (SSSR count). The number of carboxylic acids is 1. The quantitative estimate of drug-likeness (QED) is 0.905. The summed E-state index contributed by atoms with van der Waals surface area (Å²) in [6, 6.07) is 2.40. The highest BCUT2D eigenvalue weighted by atomic mass is 19.2. The summed E-state index contributed by atoms with van der Waals surface area (Å²) in [5, 5.41) is 9.36. The van der Waals surface area contributed by atoms with Gasteiger partial charge in [0.2, 0.25) is 0 Å². The number of imidazole rings is 1. The van der Waals surface area contributed by atoms with Crippen molar-refractivity contribution in [1.82, 2.24) is 9.97 Å². The first kappa shape index (κ1) is 14.4. The van der Waals surface area contributed by atoms with E-state index >= 15 is 0 Å². The number of nitrogens with one attached hydrogen (secondary N) is 1. The van der Waals surface area contributed by atoms with Gasteiger partial charge in [-0.3, -0.25) is 4.79 Å². The van der Waals surface area contributed by atoms with E-state index in [-0.39, 0.29) is 17.9 Å². The topological polar surface area (TPSA) is 66.0 Å². The number of benzene rings is 1. The molecule has 2 N–H and O–H groups in total. The van der Waals surface area contributed by atoms with Crippen molar-refractivity contribution in [3.63, 3.8) is 0 Å². The van der Waals surface area contributed by atoms with Gasteiger partial charge in [-0.05, 0) is 25.0 Å². The first-order valence-corrected chi connectivity index (χ1v) is 6.31. The molecule has 1 atom stereocenters. The predicted octanol–water partition coefficient (Wildman–Crippen LogP) is 3.13. The van der Waals surface area contributed by atoms with Crippen LogP contribution >= 0.6 is 0 Å². The SMILES string of the molecule is CC(C)C(C)(Cc1nc2c(F)c(F)ccc2[nH]1)C(=O)O. The fraction of sp³-hybridized carbons (Fsp3) is 0.429. The van der Waals surface area contributed by atoms with Gasteiger partial charge in [0.1, 0.15) is 11.3 Å². The molecule has 0 bridgehead atoms. The number of hydrogen-bond donors (Lipinski definition) is 2. The minimum atomic E-state index is -1.02. The van der Waals surface area contributed by atoms with Gasteiger partial charge in [-0.15, -0.1) is 0 Å². The number of carbonyl (C=O) groups is 1. The summed E-state index contributed by atoms with van der Waals surface area (Å²) in [4.78, 5) is 18.3. The number of aliphatic carboxylic acids is 1. The molecule has 0 amide bonds. The highest BCUT2D eigenvalue weighted by Crippen LogP contribution is 2.31. The largest absolute Gasteiger partial charge is 0.481 e. The average Bonchev–Trinajstić information content (AvgIpc) is 2.76. The third-order valence-corrected chi connectivity index (χ3v) is 3.89. The molecule has 1 heterocycles.